The highest BCUT2D eigenvalue weighted by atomic mass is 16.6. The Morgan fingerprint density at radius 3 is 2.07 bits per heavy atom. The molecule has 1 aromatic carbocycles. The Hall–Kier alpha value is -3.34. The van der Waals surface area contributed by atoms with Crippen molar-refractivity contribution >= 4 is 29.5 Å². The number of amides is 4. The molecular weight excluding hydrogens is 396 g/mol. The summed E-state index contributed by atoms with van der Waals surface area (Å²) in [7, 11) is 1.52. The average molecular weight is 424 g/mol. The monoisotopic (exact) mass is 424 g/mol. The van der Waals surface area contributed by atoms with Crippen LogP contribution in [0.5, 0.6) is 5.75 Å². The number of alkyl carbamates (subject to hydrolysis) is 1. The van der Waals surface area contributed by atoms with Crippen molar-refractivity contribution in [2.24, 2.45) is 0 Å². The summed E-state index contributed by atoms with van der Waals surface area (Å²) in [5.41, 5.74) is 0.241. The van der Waals surface area contributed by atoms with Crippen molar-refractivity contribution in [1.29, 1.82) is 0 Å². The van der Waals surface area contributed by atoms with E-state index in [9.17, 15) is 24.3 Å². The third kappa shape index (κ3) is 10.3. The predicted molar refractivity (Wildman–Crippen MR) is 108 cm³/mol. The van der Waals surface area contributed by atoms with Crippen LogP contribution in [-0.2, 0) is 30.5 Å². The van der Waals surface area contributed by atoms with Crippen LogP contribution in [0.25, 0.3) is 0 Å². The molecule has 0 aliphatic carbocycles. The van der Waals surface area contributed by atoms with Gasteiger partial charge < -0.3 is 35.8 Å². The van der Waals surface area contributed by atoms with Gasteiger partial charge in [-0.1, -0.05) is 6.07 Å². The summed E-state index contributed by atoms with van der Waals surface area (Å²) in [6.07, 6.45) is -0.753. The summed E-state index contributed by atoms with van der Waals surface area (Å²) in [5.74, 6) is -1.89. The normalized spacial score (nSPS) is 10.7. The average Bonchev–Trinajstić information content (AvgIpc) is 2.64. The lowest BCUT2D eigenvalue weighted by Crippen LogP contribution is -2.44. The first kappa shape index (κ1) is 24.7. The Morgan fingerprint density at radius 2 is 1.50 bits per heavy atom. The summed E-state index contributed by atoms with van der Waals surface area (Å²) in [4.78, 5) is 46.8. The van der Waals surface area contributed by atoms with Gasteiger partial charge in [0.25, 0.3) is 0 Å². The zero-order chi connectivity index (χ0) is 22.7. The molecule has 4 amide bonds. The van der Waals surface area contributed by atoms with E-state index in [-0.39, 0.29) is 31.1 Å². The lowest BCUT2D eigenvalue weighted by molar-refractivity contribution is -0.126. The van der Waals surface area contributed by atoms with E-state index < -0.39 is 29.4 Å². The third-order valence-corrected chi connectivity index (χ3v) is 3.33. The molecule has 0 fully saturated rings. The molecule has 0 aliphatic heterocycles. The number of nitrogens with one attached hydrogen (secondary N) is 4. The summed E-state index contributed by atoms with van der Waals surface area (Å²) >= 11 is 0. The van der Waals surface area contributed by atoms with Crippen LogP contribution in [0.4, 0.5) is 10.5 Å². The Morgan fingerprint density at radius 1 is 0.933 bits per heavy atom. The standard InChI is InChI=1S/C19H28N4O7/c1-19(2,3)30-18(28)22-9-16(26)20-8-15(25)21-10-17(27)23-13-7-12(11-29-4)5-6-14(13)24/h5-7,24H,8-11H2,1-4H3,(H,20,26)(H,21,25)(H,22,28)(H,23,27). The number of benzene rings is 1. The minimum absolute atomic E-state index is 0.126. The molecule has 0 saturated heterocycles. The van der Waals surface area contributed by atoms with Crippen LogP contribution < -0.4 is 21.3 Å². The van der Waals surface area contributed by atoms with E-state index in [0.29, 0.717) is 6.61 Å². The molecule has 0 spiro atoms. The van der Waals surface area contributed by atoms with Crippen LogP contribution in [0.2, 0.25) is 0 Å². The lowest BCUT2D eigenvalue weighted by atomic mass is 10.2. The molecule has 0 saturated carbocycles. The molecular formula is C19H28N4O7. The van der Waals surface area contributed by atoms with Gasteiger partial charge in [0.1, 0.15) is 17.9 Å². The molecule has 0 unspecified atom stereocenters. The summed E-state index contributed by atoms with van der Waals surface area (Å²) in [6, 6.07) is 4.62. The topological polar surface area (TPSA) is 155 Å². The van der Waals surface area contributed by atoms with Gasteiger partial charge >= 0.3 is 6.09 Å². The maximum absolute atomic E-state index is 12.0. The van der Waals surface area contributed by atoms with E-state index in [0.717, 1.165) is 5.56 Å². The number of phenols is 1. The number of ether oxygens (including phenoxy) is 2. The molecule has 0 heterocycles. The van der Waals surface area contributed by atoms with E-state index >= 15 is 0 Å². The van der Waals surface area contributed by atoms with Gasteiger partial charge in [-0.05, 0) is 38.5 Å². The van der Waals surface area contributed by atoms with E-state index in [1.807, 2.05) is 0 Å². The zero-order valence-corrected chi connectivity index (χ0v) is 17.5. The van der Waals surface area contributed by atoms with Crippen LogP contribution >= 0.6 is 0 Å². The minimum atomic E-state index is -0.753. The number of carbonyl (C=O) groups excluding carboxylic acids is 4. The van der Waals surface area contributed by atoms with Crippen molar-refractivity contribution in [2.75, 3.05) is 32.1 Å². The van der Waals surface area contributed by atoms with Crippen LogP contribution in [0.1, 0.15) is 26.3 Å². The first-order chi connectivity index (χ1) is 14.0. The van der Waals surface area contributed by atoms with Gasteiger partial charge in [0.15, 0.2) is 0 Å². The van der Waals surface area contributed by atoms with Crippen LogP contribution in [0.15, 0.2) is 18.2 Å². The zero-order valence-electron chi connectivity index (χ0n) is 17.5. The molecule has 0 radical (unpaired) electrons. The van der Waals surface area contributed by atoms with E-state index in [2.05, 4.69) is 21.3 Å². The highest BCUT2D eigenvalue weighted by Crippen LogP contribution is 2.24. The Balaban J connectivity index is 2.32. The van der Waals surface area contributed by atoms with Crippen molar-refractivity contribution in [1.82, 2.24) is 16.0 Å². The molecule has 11 heteroatoms. The molecule has 0 atom stereocenters. The highest BCUT2D eigenvalue weighted by Gasteiger charge is 2.17. The molecule has 5 N–H and O–H groups in total. The Kier molecular flexibility index (Phi) is 9.56. The highest BCUT2D eigenvalue weighted by molar-refractivity contribution is 5.96. The van der Waals surface area contributed by atoms with Crippen molar-refractivity contribution in [2.45, 2.75) is 33.0 Å². The van der Waals surface area contributed by atoms with Gasteiger partial charge in [0.05, 0.1) is 25.4 Å². The number of aromatic hydroxyl groups is 1. The van der Waals surface area contributed by atoms with Crippen LogP contribution in [-0.4, -0.2) is 61.3 Å². The molecule has 166 valence electrons. The Labute approximate surface area is 174 Å². The van der Waals surface area contributed by atoms with Gasteiger partial charge in [-0.15, -0.1) is 0 Å². The first-order valence-electron chi connectivity index (χ1n) is 9.11. The first-order valence-corrected chi connectivity index (χ1v) is 9.11. The fraction of sp³-hybridized carbons (Fsp3) is 0.474. The van der Waals surface area contributed by atoms with Gasteiger partial charge in [0.2, 0.25) is 17.7 Å². The summed E-state index contributed by atoms with van der Waals surface area (Å²) < 4.78 is 9.97. The quantitative estimate of drug-likeness (QED) is 0.356. The van der Waals surface area contributed by atoms with E-state index in [1.165, 1.54) is 13.2 Å². The molecule has 11 nitrogen and oxygen atoms in total. The summed E-state index contributed by atoms with van der Waals surface area (Å²) in [5, 5.41) is 19.2. The van der Waals surface area contributed by atoms with Gasteiger partial charge in [-0.25, -0.2) is 4.79 Å². The number of methoxy groups -OCH3 is 1. The number of rotatable bonds is 9. The number of hydrogen-bond acceptors (Lipinski definition) is 7. The minimum Gasteiger partial charge on any atom is -0.506 e. The maximum Gasteiger partial charge on any atom is 0.408 e. The molecule has 1 aromatic rings. The molecule has 0 aromatic heterocycles. The lowest BCUT2D eigenvalue weighted by Gasteiger charge is -2.19. The fourth-order valence-electron chi connectivity index (χ4n) is 2.08. The van der Waals surface area contributed by atoms with Crippen molar-refractivity contribution in [3.63, 3.8) is 0 Å². The third-order valence-electron chi connectivity index (χ3n) is 3.33. The second kappa shape index (κ2) is 11.6. The van der Waals surface area contributed by atoms with Crippen molar-refractivity contribution in [3.05, 3.63) is 23.8 Å². The molecule has 30 heavy (non-hydrogen) atoms. The molecule has 1 rings (SSSR count). The fourth-order valence-corrected chi connectivity index (χ4v) is 2.08. The maximum atomic E-state index is 12.0. The van der Waals surface area contributed by atoms with Crippen molar-refractivity contribution < 1.29 is 33.8 Å². The smallest absolute Gasteiger partial charge is 0.408 e. The van der Waals surface area contributed by atoms with Crippen LogP contribution in [0, 0.1) is 0 Å². The van der Waals surface area contributed by atoms with Crippen molar-refractivity contribution in [3.8, 4) is 5.75 Å². The van der Waals surface area contributed by atoms with Gasteiger partial charge in [-0.2, -0.15) is 0 Å². The number of anilines is 1. The Bertz CT molecular complexity index is 775. The SMILES string of the molecule is COCc1ccc(O)c(NC(=O)CNC(=O)CNC(=O)CNC(=O)OC(C)(C)C)c1. The number of carbonyl (C=O) groups is 4. The van der Waals surface area contributed by atoms with E-state index in [1.54, 1.807) is 32.9 Å². The van der Waals surface area contributed by atoms with Gasteiger partial charge in [-0.3, -0.25) is 14.4 Å². The van der Waals surface area contributed by atoms with E-state index in [4.69, 9.17) is 9.47 Å². The largest absolute Gasteiger partial charge is 0.506 e. The number of phenolic OH excluding ortho intramolecular Hbond substituents is 1. The second-order valence-electron chi connectivity index (χ2n) is 7.24. The molecule has 0 aliphatic rings. The second-order valence-corrected chi connectivity index (χ2v) is 7.24. The predicted octanol–water partition coefficient (Wildman–Crippen LogP) is 0.234. The van der Waals surface area contributed by atoms with Gasteiger partial charge in [0, 0.05) is 7.11 Å². The van der Waals surface area contributed by atoms with Crippen LogP contribution in [0.3, 0.4) is 0 Å². The number of hydrogen-bond donors (Lipinski definition) is 5. The molecule has 0 bridgehead atoms. The summed E-state index contributed by atoms with van der Waals surface area (Å²) in [6.45, 7) is 4.26.